The number of methoxy groups -OCH3 is 1. The molecule has 0 spiro atoms. The van der Waals surface area contributed by atoms with Crippen LogP contribution in [0.1, 0.15) is 30.0 Å². The Morgan fingerprint density at radius 2 is 1.65 bits per heavy atom. The zero-order valence-electron chi connectivity index (χ0n) is 12.1. The molecule has 2 aromatic rings. The average Bonchev–Trinajstić information content (AvgIpc) is 3.31. The first kappa shape index (κ1) is 13.0. The maximum Gasteiger partial charge on any atom is 0.118 e. The van der Waals surface area contributed by atoms with Crippen molar-refractivity contribution in [1.29, 1.82) is 0 Å². The van der Waals surface area contributed by atoms with Gasteiger partial charge in [0.2, 0.25) is 0 Å². The molecule has 0 aliphatic heterocycles. The second kappa shape index (κ2) is 5.58. The smallest absolute Gasteiger partial charge is 0.118 e. The van der Waals surface area contributed by atoms with Crippen LogP contribution in [-0.2, 0) is 0 Å². The van der Waals surface area contributed by atoms with Crippen LogP contribution >= 0.6 is 0 Å². The van der Waals surface area contributed by atoms with Crippen molar-refractivity contribution in [3.8, 4) is 5.75 Å². The summed E-state index contributed by atoms with van der Waals surface area (Å²) in [4.78, 5) is 0. The minimum absolute atomic E-state index is 0.406. The Morgan fingerprint density at radius 3 is 2.20 bits per heavy atom. The fraction of sp³-hybridized carbons (Fsp3) is 0.333. The van der Waals surface area contributed by atoms with Gasteiger partial charge < -0.3 is 10.1 Å². The van der Waals surface area contributed by atoms with Crippen molar-refractivity contribution in [3.63, 3.8) is 0 Å². The number of rotatable bonds is 5. The van der Waals surface area contributed by atoms with E-state index in [-0.39, 0.29) is 0 Å². The van der Waals surface area contributed by atoms with E-state index in [9.17, 15) is 0 Å². The summed E-state index contributed by atoms with van der Waals surface area (Å²) in [5, 5.41) is 3.68. The van der Waals surface area contributed by atoms with Crippen molar-refractivity contribution in [1.82, 2.24) is 0 Å². The molecule has 1 fully saturated rings. The number of aryl methyl sites for hydroxylation is 1. The van der Waals surface area contributed by atoms with Crippen LogP contribution < -0.4 is 10.1 Å². The summed E-state index contributed by atoms with van der Waals surface area (Å²) >= 11 is 0. The molecule has 2 nitrogen and oxygen atoms in total. The Kier molecular flexibility index (Phi) is 3.64. The number of nitrogens with one attached hydrogen (secondary N) is 1. The van der Waals surface area contributed by atoms with Crippen LogP contribution in [0.4, 0.5) is 5.69 Å². The first-order valence-corrected chi connectivity index (χ1v) is 7.23. The van der Waals surface area contributed by atoms with E-state index in [2.05, 4.69) is 48.6 Å². The average molecular weight is 267 g/mol. The molecule has 1 aliphatic carbocycles. The Balaban J connectivity index is 1.79. The van der Waals surface area contributed by atoms with Crippen molar-refractivity contribution >= 4 is 5.69 Å². The maximum atomic E-state index is 5.24. The van der Waals surface area contributed by atoms with Crippen molar-refractivity contribution < 1.29 is 4.74 Å². The molecular weight excluding hydrogens is 246 g/mol. The molecule has 1 unspecified atom stereocenters. The van der Waals surface area contributed by atoms with Crippen molar-refractivity contribution in [3.05, 3.63) is 59.7 Å². The van der Waals surface area contributed by atoms with Gasteiger partial charge in [0.15, 0.2) is 0 Å². The molecule has 3 rings (SSSR count). The number of benzene rings is 2. The predicted molar refractivity (Wildman–Crippen MR) is 83.3 cm³/mol. The first-order valence-electron chi connectivity index (χ1n) is 7.23. The molecule has 1 aliphatic rings. The second-order valence-electron chi connectivity index (χ2n) is 5.60. The molecule has 1 atom stereocenters. The Morgan fingerprint density at radius 1 is 1.00 bits per heavy atom. The molecule has 0 bridgehead atoms. The zero-order chi connectivity index (χ0) is 13.9. The zero-order valence-corrected chi connectivity index (χ0v) is 12.1. The summed E-state index contributed by atoms with van der Waals surface area (Å²) in [6.07, 6.45) is 2.63. The van der Waals surface area contributed by atoms with Crippen LogP contribution in [0.5, 0.6) is 5.75 Å². The van der Waals surface area contributed by atoms with Gasteiger partial charge in [0.1, 0.15) is 5.75 Å². The van der Waals surface area contributed by atoms with Gasteiger partial charge in [0.05, 0.1) is 13.2 Å². The molecule has 104 valence electrons. The largest absolute Gasteiger partial charge is 0.497 e. The van der Waals surface area contributed by atoms with Gasteiger partial charge in [0.25, 0.3) is 0 Å². The number of ether oxygens (including phenoxy) is 1. The van der Waals surface area contributed by atoms with Crippen LogP contribution in [0.3, 0.4) is 0 Å². The Hall–Kier alpha value is -1.96. The summed E-state index contributed by atoms with van der Waals surface area (Å²) in [5.74, 6) is 1.67. The van der Waals surface area contributed by atoms with E-state index in [4.69, 9.17) is 4.74 Å². The molecule has 0 aromatic heterocycles. The van der Waals surface area contributed by atoms with Gasteiger partial charge in [-0.2, -0.15) is 0 Å². The third kappa shape index (κ3) is 2.96. The van der Waals surface area contributed by atoms with E-state index in [0.717, 1.165) is 11.7 Å². The van der Waals surface area contributed by atoms with E-state index in [1.807, 2.05) is 12.1 Å². The van der Waals surface area contributed by atoms with Crippen LogP contribution in [0.15, 0.2) is 48.5 Å². The lowest BCUT2D eigenvalue weighted by atomic mass is 10.0. The van der Waals surface area contributed by atoms with Crippen molar-refractivity contribution in [2.75, 3.05) is 12.4 Å². The van der Waals surface area contributed by atoms with Crippen LogP contribution in [0.2, 0.25) is 0 Å². The van der Waals surface area contributed by atoms with Crippen LogP contribution in [0.25, 0.3) is 0 Å². The quantitative estimate of drug-likeness (QED) is 0.857. The number of hydrogen-bond donors (Lipinski definition) is 1. The molecule has 0 saturated heterocycles. The Bertz CT molecular complexity index is 555. The third-order valence-electron chi connectivity index (χ3n) is 3.94. The summed E-state index contributed by atoms with van der Waals surface area (Å²) in [6, 6.07) is 17.5. The van der Waals surface area contributed by atoms with Gasteiger partial charge in [-0.25, -0.2) is 0 Å². The van der Waals surface area contributed by atoms with Gasteiger partial charge in [0, 0.05) is 5.69 Å². The highest BCUT2D eigenvalue weighted by atomic mass is 16.5. The first-order chi connectivity index (χ1) is 9.76. The lowest BCUT2D eigenvalue weighted by Crippen LogP contribution is -2.12. The SMILES string of the molecule is COc1ccc(C(Nc2ccc(C)cc2)C2CC2)cc1. The third-order valence-corrected chi connectivity index (χ3v) is 3.94. The molecule has 1 saturated carbocycles. The normalized spacial score (nSPS) is 15.7. The molecule has 1 N–H and O–H groups in total. The molecule has 0 amide bonds. The molecule has 2 aromatic carbocycles. The summed E-state index contributed by atoms with van der Waals surface area (Å²) in [5.41, 5.74) is 3.83. The minimum atomic E-state index is 0.406. The minimum Gasteiger partial charge on any atom is -0.497 e. The fourth-order valence-corrected chi connectivity index (χ4v) is 2.54. The van der Waals surface area contributed by atoms with Gasteiger partial charge in [-0.05, 0) is 55.5 Å². The molecular formula is C18H21NO. The number of hydrogen-bond acceptors (Lipinski definition) is 2. The predicted octanol–water partition coefficient (Wildman–Crippen LogP) is 4.57. The van der Waals surface area contributed by atoms with Crippen molar-refractivity contribution in [2.24, 2.45) is 5.92 Å². The van der Waals surface area contributed by atoms with Crippen LogP contribution in [-0.4, -0.2) is 7.11 Å². The van der Waals surface area contributed by atoms with Crippen molar-refractivity contribution in [2.45, 2.75) is 25.8 Å². The summed E-state index contributed by atoms with van der Waals surface area (Å²) < 4.78 is 5.24. The monoisotopic (exact) mass is 267 g/mol. The van der Waals surface area contributed by atoms with Gasteiger partial charge in [-0.1, -0.05) is 29.8 Å². The van der Waals surface area contributed by atoms with E-state index >= 15 is 0 Å². The highest BCUT2D eigenvalue weighted by Crippen LogP contribution is 2.43. The highest BCUT2D eigenvalue weighted by molar-refractivity contribution is 5.47. The van der Waals surface area contributed by atoms with Gasteiger partial charge >= 0.3 is 0 Å². The lowest BCUT2D eigenvalue weighted by Gasteiger charge is -2.20. The number of anilines is 1. The van der Waals surface area contributed by atoms with Gasteiger partial charge in [-0.3, -0.25) is 0 Å². The van der Waals surface area contributed by atoms with E-state index in [0.29, 0.717) is 6.04 Å². The molecule has 2 heteroatoms. The highest BCUT2D eigenvalue weighted by Gasteiger charge is 2.32. The van der Waals surface area contributed by atoms with E-state index < -0.39 is 0 Å². The van der Waals surface area contributed by atoms with E-state index in [1.54, 1.807) is 7.11 Å². The maximum absolute atomic E-state index is 5.24. The molecule has 0 radical (unpaired) electrons. The van der Waals surface area contributed by atoms with Crippen LogP contribution in [0, 0.1) is 12.8 Å². The lowest BCUT2D eigenvalue weighted by molar-refractivity contribution is 0.414. The van der Waals surface area contributed by atoms with Gasteiger partial charge in [-0.15, -0.1) is 0 Å². The Labute approximate surface area is 120 Å². The van der Waals surface area contributed by atoms with E-state index in [1.165, 1.54) is 29.7 Å². The fourth-order valence-electron chi connectivity index (χ4n) is 2.54. The summed E-state index contributed by atoms with van der Waals surface area (Å²) in [7, 11) is 1.71. The second-order valence-corrected chi connectivity index (χ2v) is 5.60. The standard InChI is InChI=1S/C18H21NO/c1-13-3-9-16(10-4-13)19-18(14-5-6-14)15-7-11-17(20-2)12-8-15/h3-4,7-12,14,18-19H,5-6H2,1-2H3. The summed E-state index contributed by atoms with van der Waals surface area (Å²) in [6.45, 7) is 2.12. The topological polar surface area (TPSA) is 21.3 Å². The molecule has 0 heterocycles. The molecule has 20 heavy (non-hydrogen) atoms.